The van der Waals surface area contributed by atoms with Gasteiger partial charge in [0.15, 0.2) is 0 Å². The Morgan fingerprint density at radius 2 is 2.00 bits per heavy atom. The van der Waals surface area contributed by atoms with E-state index in [-0.39, 0.29) is 5.54 Å². The zero-order chi connectivity index (χ0) is 10.9. The van der Waals surface area contributed by atoms with Gasteiger partial charge in [0.2, 0.25) is 5.91 Å². The molecule has 1 saturated heterocycles. The van der Waals surface area contributed by atoms with Crippen LogP contribution in [0.1, 0.15) is 58.8 Å². The highest BCUT2D eigenvalue weighted by Crippen LogP contribution is 2.42. The summed E-state index contributed by atoms with van der Waals surface area (Å²) in [6.07, 6.45) is 8.37. The van der Waals surface area contributed by atoms with Gasteiger partial charge in [-0.1, -0.05) is 33.1 Å². The van der Waals surface area contributed by atoms with E-state index in [1.165, 1.54) is 38.5 Å². The minimum absolute atomic E-state index is 0.194. The number of amides is 1. The lowest BCUT2D eigenvalue weighted by Crippen LogP contribution is -2.47. The zero-order valence-electron chi connectivity index (χ0n) is 10.0. The molecule has 2 nitrogen and oxygen atoms in total. The van der Waals surface area contributed by atoms with Crippen LogP contribution in [0.3, 0.4) is 0 Å². The molecule has 1 saturated carbocycles. The third-order valence-electron chi connectivity index (χ3n) is 4.10. The smallest absolute Gasteiger partial charge is 0.220 e. The lowest BCUT2D eigenvalue weighted by molar-refractivity contribution is -0.120. The minimum Gasteiger partial charge on any atom is -0.350 e. The monoisotopic (exact) mass is 209 g/mol. The van der Waals surface area contributed by atoms with Crippen molar-refractivity contribution in [2.24, 2.45) is 11.8 Å². The summed E-state index contributed by atoms with van der Waals surface area (Å²) in [7, 11) is 0. The van der Waals surface area contributed by atoms with Crippen molar-refractivity contribution in [3.05, 3.63) is 0 Å². The molecule has 0 radical (unpaired) electrons. The highest BCUT2D eigenvalue weighted by atomic mass is 16.2. The van der Waals surface area contributed by atoms with Gasteiger partial charge in [0.25, 0.3) is 0 Å². The molecule has 1 spiro atoms. The van der Waals surface area contributed by atoms with E-state index in [0.29, 0.717) is 17.7 Å². The van der Waals surface area contributed by atoms with Crippen molar-refractivity contribution in [3.8, 4) is 0 Å². The molecule has 15 heavy (non-hydrogen) atoms. The van der Waals surface area contributed by atoms with E-state index in [9.17, 15) is 4.79 Å². The molecule has 0 aromatic rings. The van der Waals surface area contributed by atoms with Crippen molar-refractivity contribution in [2.45, 2.75) is 64.3 Å². The van der Waals surface area contributed by atoms with Crippen LogP contribution in [-0.4, -0.2) is 11.4 Å². The lowest BCUT2D eigenvalue weighted by atomic mass is 9.71. The first-order chi connectivity index (χ1) is 7.12. The molecular formula is C13H23NO. The molecule has 2 fully saturated rings. The molecule has 86 valence electrons. The van der Waals surface area contributed by atoms with Gasteiger partial charge in [-0.25, -0.2) is 0 Å². The van der Waals surface area contributed by atoms with Gasteiger partial charge in [0.05, 0.1) is 0 Å². The number of rotatable bonds is 2. The maximum absolute atomic E-state index is 11.6. The Hall–Kier alpha value is -0.530. The standard InChI is InChI=1S/C13H23NO/c1-10(2)8-11-9-12(15)14-13(11)6-4-3-5-7-13/h10-11H,3-9H2,1-2H3,(H,14,15). The predicted octanol–water partition coefficient (Wildman–Crippen LogP) is 2.87. The summed E-state index contributed by atoms with van der Waals surface area (Å²) >= 11 is 0. The fourth-order valence-electron chi connectivity index (χ4n) is 3.44. The van der Waals surface area contributed by atoms with Crippen molar-refractivity contribution in [1.82, 2.24) is 5.32 Å². The van der Waals surface area contributed by atoms with Crippen LogP contribution in [0.5, 0.6) is 0 Å². The molecule has 0 aromatic heterocycles. The van der Waals surface area contributed by atoms with E-state index < -0.39 is 0 Å². The van der Waals surface area contributed by atoms with E-state index in [2.05, 4.69) is 19.2 Å². The van der Waals surface area contributed by atoms with Crippen LogP contribution in [0.4, 0.5) is 0 Å². The third-order valence-corrected chi connectivity index (χ3v) is 4.10. The number of carbonyl (C=O) groups excluding carboxylic acids is 1. The number of hydrogen-bond acceptors (Lipinski definition) is 1. The summed E-state index contributed by atoms with van der Waals surface area (Å²) in [5.74, 6) is 1.61. The van der Waals surface area contributed by atoms with Crippen LogP contribution >= 0.6 is 0 Å². The van der Waals surface area contributed by atoms with E-state index in [0.717, 1.165) is 6.42 Å². The topological polar surface area (TPSA) is 29.1 Å². The van der Waals surface area contributed by atoms with Gasteiger partial charge in [-0.15, -0.1) is 0 Å². The molecule has 1 unspecified atom stereocenters. The third kappa shape index (κ3) is 2.19. The molecule has 1 aliphatic heterocycles. The highest BCUT2D eigenvalue weighted by Gasteiger charge is 2.46. The molecule has 1 aliphatic carbocycles. The largest absolute Gasteiger partial charge is 0.350 e. The van der Waals surface area contributed by atoms with Crippen molar-refractivity contribution in [1.29, 1.82) is 0 Å². The van der Waals surface area contributed by atoms with Crippen LogP contribution in [0.2, 0.25) is 0 Å². The molecule has 0 bridgehead atoms. The second-order valence-electron chi connectivity index (χ2n) is 5.80. The molecule has 2 heteroatoms. The van der Waals surface area contributed by atoms with E-state index in [1.54, 1.807) is 0 Å². The molecule has 1 amide bonds. The predicted molar refractivity (Wildman–Crippen MR) is 61.5 cm³/mol. The Morgan fingerprint density at radius 1 is 1.33 bits per heavy atom. The summed E-state index contributed by atoms with van der Waals surface area (Å²) in [6.45, 7) is 4.53. The average Bonchev–Trinajstić information content (AvgIpc) is 2.43. The Balaban J connectivity index is 2.09. The van der Waals surface area contributed by atoms with Gasteiger partial charge in [-0.3, -0.25) is 4.79 Å². The van der Waals surface area contributed by atoms with Gasteiger partial charge < -0.3 is 5.32 Å². The first-order valence-corrected chi connectivity index (χ1v) is 6.43. The lowest BCUT2D eigenvalue weighted by Gasteiger charge is -2.39. The first-order valence-electron chi connectivity index (χ1n) is 6.43. The average molecular weight is 209 g/mol. The SMILES string of the molecule is CC(C)CC1CC(=O)NC12CCCCC2. The summed E-state index contributed by atoms with van der Waals surface area (Å²) in [5.41, 5.74) is 0.194. The number of nitrogens with one attached hydrogen (secondary N) is 1. The summed E-state index contributed by atoms with van der Waals surface area (Å²) in [4.78, 5) is 11.6. The normalized spacial score (nSPS) is 29.8. The Bertz CT molecular complexity index is 241. The number of hydrogen-bond donors (Lipinski definition) is 1. The van der Waals surface area contributed by atoms with E-state index >= 15 is 0 Å². The molecular weight excluding hydrogens is 186 g/mol. The van der Waals surface area contributed by atoms with Gasteiger partial charge >= 0.3 is 0 Å². The molecule has 2 aliphatic rings. The van der Waals surface area contributed by atoms with Crippen molar-refractivity contribution >= 4 is 5.91 Å². The summed E-state index contributed by atoms with van der Waals surface area (Å²) in [5, 5.41) is 3.29. The maximum Gasteiger partial charge on any atom is 0.220 e. The maximum atomic E-state index is 11.6. The summed E-state index contributed by atoms with van der Waals surface area (Å²) < 4.78 is 0. The molecule has 1 atom stereocenters. The quantitative estimate of drug-likeness (QED) is 0.744. The van der Waals surface area contributed by atoms with Crippen molar-refractivity contribution in [3.63, 3.8) is 0 Å². The Labute approximate surface area is 92.8 Å². The summed E-state index contributed by atoms with van der Waals surface area (Å²) in [6, 6.07) is 0. The van der Waals surface area contributed by atoms with Gasteiger partial charge in [-0.05, 0) is 31.1 Å². The zero-order valence-corrected chi connectivity index (χ0v) is 10.0. The van der Waals surface area contributed by atoms with E-state index in [1.807, 2.05) is 0 Å². The molecule has 1 N–H and O–H groups in total. The number of carbonyl (C=O) groups is 1. The van der Waals surface area contributed by atoms with E-state index in [4.69, 9.17) is 0 Å². The molecule has 2 rings (SSSR count). The second kappa shape index (κ2) is 4.15. The Kier molecular flexibility index (Phi) is 3.03. The molecule has 0 aromatic carbocycles. The van der Waals surface area contributed by atoms with Crippen molar-refractivity contribution in [2.75, 3.05) is 0 Å². The Morgan fingerprint density at radius 3 is 2.60 bits per heavy atom. The fourth-order valence-corrected chi connectivity index (χ4v) is 3.44. The van der Waals surface area contributed by atoms with Crippen LogP contribution in [0.25, 0.3) is 0 Å². The highest BCUT2D eigenvalue weighted by molar-refractivity contribution is 5.80. The minimum atomic E-state index is 0.194. The van der Waals surface area contributed by atoms with Crippen LogP contribution in [0.15, 0.2) is 0 Å². The van der Waals surface area contributed by atoms with Gasteiger partial charge in [0, 0.05) is 12.0 Å². The van der Waals surface area contributed by atoms with Crippen LogP contribution in [0, 0.1) is 11.8 Å². The first kappa shape index (κ1) is 11.0. The second-order valence-corrected chi connectivity index (χ2v) is 5.80. The van der Waals surface area contributed by atoms with Crippen molar-refractivity contribution < 1.29 is 4.79 Å². The van der Waals surface area contributed by atoms with Gasteiger partial charge in [-0.2, -0.15) is 0 Å². The fraction of sp³-hybridized carbons (Fsp3) is 0.923. The van der Waals surface area contributed by atoms with Crippen LogP contribution < -0.4 is 5.32 Å². The molecule has 1 heterocycles. The van der Waals surface area contributed by atoms with Crippen LogP contribution in [-0.2, 0) is 4.79 Å². The van der Waals surface area contributed by atoms with Gasteiger partial charge in [0.1, 0.15) is 0 Å².